The summed E-state index contributed by atoms with van der Waals surface area (Å²) in [6.07, 6.45) is 0. The van der Waals surface area contributed by atoms with Crippen molar-refractivity contribution in [2.45, 2.75) is 0 Å². The van der Waals surface area contributed by atoms with Gasteiger partial charge in [-0.1, -0.05) is 0 Å². The van der Waals surface area contributed by atoms with Crippen LogP contribution in [-0.4, -0.2) is 30.3 Å². The van der Waals surface area contributed by atoms with Crippen molar-refractivity contribution in [2.75, 3.05) is 14.2 Å². The molecular formula is C12H9Br2NO4S. The number of nitrogens with zero attached hydrogens (tertiary/aromatic N) is 1. The van der Waals surface area contributed by atoms with Gasteiger partial charge in [-0.2, -0.15) is 0 Å². The van der Waals surface area contributed by atoms with Crippen molar-refractivity contribution in [3.8, 4) is 21.9 Å². The molecule has 0 atom stereocenters. The van der Waals surface area contributed by atoms with Gasteiger partial charge in [-0.25, -0.2) is 9.78 Å². The Hall–Kier alpha value is -1.12. The number of ether oxygens (including phenoxy) is 2. The predicted octanol–water partition coefficient (Wildman–Crippen LogP) is 4.05. The van der Waals surface area contributed by atoms with Crippen LogP contribution >= 0.6 is 43.2 Å². The summed E-state index contributed by atoms with van der Waals surface area (Å²) in [5.74, 6) is -0.00113. The van der Waals surface area contributed by atoms with Crippen molar-refractivity contribution in [1.29, 1.82) is 0 Å². The Kier molecular flexibility index (Phi) is 4.66. The number of carboxylic acids is 1. The van der Waals surface area contributed by atoms with Gasteiger partial charge in [-0.3, -0.25) is 0 Å². The number of aromatic carboxylic acids is 1. The minimum absolute atomic E-state index is 0.00482. The third kappa shape index (κ3) is 2.82. The van der Waals surface area contributed by atoms with Crippen LogP contribution in [0.25, 0.3) is 10.4 Å². The van der Waals surface area contributed by atoms with Crippen molar-refractivity contribution in [3.05, 3.63) is 26.2 Å². The molecule has 0 unspecified atom stereocenters. The SMILES string of the molecule is COc1cc(Br)c(-c2sc(Br)nc2C(=O)O)cc1OC. The van der Waals surface area contributed by atoms with Gasteiger partial charge in [0.2, 0.25) is 0 Å². The first-order chi connectivity index (χ1) is 9.47. The van der Waals surface area contributed by atoms with E-state index in [0.717, 1.165) is 0 Å². The number of hydrogen-bond donors (Lipinski definition) is 1. The number of rotatable bonds is 4. The lowest BCUT2D eigenvalue weighted by Gasteiger charge is -2.11. The van der Waals surface area contributed by atoms with Crippen molar-refractivity contribution < 1.29 is 19.4 Å². The third-order valence-electron chi connectivity index (χ3n) is 2.52. The van der Waals surface area contributed by atoms with Gasteiger partial charge in [0.1, 0.15) is 0 Å². The molecule has 2 rings (SSSR count). The second-order valence-corrected chi connectivity index (χ2v) is 6.77. The molecular weight excluding hydrogens is 414 g/mol. The summed E-state index contributed by atoms with van der Waals surface area (Å²) in [5.41, 5.74) is 0.679. The number of halogens is 2. The lowest BCUT2D eigenvalue weighted by Crippen LogP contribution is -1.99. The van der Waals surface area contributed by atoms with Crippen LogP contribution in [0.15, 0.2) is 20.5 Å². The average Bonchev–Trinajstić information content (AvgIpc) is 2.80. The average molecular weight is 423 g/mol. The van der Waals surface area contributed by atoms with Crippen LogP contribution in [0.3, 0.4) is 0 Å². The lowest BCUT2D eigenvalue weighted by atomic mass is 10.1. The number of thiazole rings is 1. The summed E-state index contributed by atoms with van der Waals surface area (Å²) < 4.78 is 11.6. The number of benzene rings is 1. The van der Waals surface area contributed by atoms with Crippen molar-refractivity contribution >= 4 is 49.2 Å². The highest BCUT2D eigenvalue weighted by Gasteiger charge is 2.21. The Morgan fingerprint density at radius 1 is 1.25 bits per heavy atom. The quantitative estimate of drug-likeness (QED) is 0.804. The van der Waals surface area contributed by atoms with Gasteiger partial charge in [0.15, 0.2) is 21.1 Å². The topological polar surface area (TPSA) is 68.7 Å². The molecule has 0 fully saturated rings. The fourth-order valence-corrected chi connectivity index (χ4v) is 3.78. The Bertz CT molecular complexity index is 672. The zero-order valence-corrected chi connectivity index (χ0v) is 14.4. The normalized spacial score (nSPS) is 10.4. The summed E-state index contributed by atoms with van der Waals surface area (Å²) in [6.45, 7) is 0. The van der Waals surface area contributed by atoms with E-state index in [1.165, 1.54) is 25.6 Å². The molecule has 0 radical (unpaired) electrons. The van der Waals surface area contributed by atoms with Crippen LogP contribution in [0.4, 0.5) is 0 Å². The number of hydrogen-bond acceptors (Lipinski definition) is 5. The van der Waals surface area contributed by atoms with E-state index in [4.69, 9.17) is 9.47 Å². The fraction of sp³-hybridized carbons (Fsp3) is 0.167. The van der Waals surface area contributed by atoms with Gasteiger partial charge >= 0.3 is 5.97 Å². The van der Waals surface area contributed by atoms with Crippen LogP contribution in [-0.2, 0) is 0 Å². The maximum Gasteiger partial charge on any atom is 0.356 e. The molecule has 2 aromatic rings. The van der Waals surface area contributed by atoms with Crippen molar-refractivity contribution in [1.82, 2.24) is 4.98 Å². The van der Waals surface area contributed by atoms with Gasteiger partial charge < -0.3 is 14.6 Å². The lowest BCUT2D eigenvalue weighted by molar-refractivity contribution is 0.0692. The Morgan fingerprint density at radius 3 is 2.40 bits per heavy atom. The van der Waals surface area contributed by atoms with Crippen LogP contribution in [0.2, 0.25) is 0 Å². The third-order valence-corrected chi connectivity index (χ3v) is 4.72. The van der Waals surface area contributed by atoms with Gasteiger partial charge in [-0.15, -0.1) is 11.3 Å². The molecule has 0 saturated carbocycles. The molecule has 0 saturated heterocycles. The van der Waals surface area contributed by atoms with E-state index >= 15 is 0 Å². The molecule has 20 heavy (non-hydrogen) atoms. The fourth-order valence-electron chi connectivity index (χ4n) is 1.65. The zero-order valence-electron chi connectivity index (χ0n) is 10.4. The van der Waals surface area contributed by atoms with E-state index in [1.54, 1.807) is 12.1 Å². The first-order valence-electron chi connectivity index (χ1n) is 5.29. The molecule has 1 aromatic heterocycles. The Balaban J connectivity index is 2.66. The molecule has 0 aliphatic heterocycles. The molecule has 106 valence electrons. The summed E-state index contributed by atoms with van der Waals surface area (Å²) >= 11 is 7.87. The van der Waals surface area contributed by atoms with Crippen molar-refractivity contribution in [2.24, 2.45) is 0 Å². The number of methoxy groups -OCH3 is 2. The van der Waals surface area contributed by atoms with E-state index in [2.05, 4.69) is 36.8 Å². The molecule has 0 spiro atoms. The van der Waals surface area contributed by atoms with Crippen LogP contribution < -0.4 is 9.47 Å². The molecule has 1 aromatic carbocycles. The first-order valence-corrected chi connectivity index (χ1v) is 7.69. The molecule has 0 aliphatic carbocycles. The standard InChI is InChI=1S/C12H9Br2NO4S/c1-18-7-3-5(6(13)4-8(7)19-2)10-9(11(16)17)15-12(14)20-10/h3-4H,1-2H3,(H,16,17). The zero-order chi connectivity index (χ0) is 14.9. The first kappa shape index (κ1) is 15.3. The number of aromatic nitrogens is 1. The highest BCUT2D eigenvalue weighted by molar-refractivity contribution is 9.11. The van der Waals surface area contributed by atoms with Crippen LogP contribution in [0, 0.1) is 0 Å². The molecule has 0 bridgehead atoms. The van der Waals surface area contributed by atoms with Crippen LogP contribution in [0.1, 0.15) is 10.5 Å². The highest BCUT2D eigenvalue weighted by Crippen LogP contribution is 2.42. The second kappa shape index (κ2) is 6.11. The summed E-state index contributed by atoms with van der Waals surface area (Å²) in [7, 11) is 3.06. The highest BCUT2D eigenvalue weighted by atomic mass is 79.9. The minimum atomic E-state index is -1.08. The molecule has 0 amide bonds. The van der Waals surface area contributed by atoms with E-state index < -0.39 is 5.97 Å². The summed E-state index contributed by atoms with van der Waals surface area (Å²) in [5, 5.41) is 9.21. The van der Waals surface area contributed by atoms with E-state index in [0.29, 0.717) is 30.3 Å². The number of carboxylic acid groups (broad SMARTS) is 1. The smallest absolute Gasteiger partial charge is 0.356 e. The van der Waals surface area contributed by atoms with Crippen LogP contribution in [0.5, 0.6) is 11.5 Å². The monoisotopic (exact) mass is 421 g/mol. The van der Waals surface area contributed by atoms with E-state index in [-0.39, 0.29) is 5.69 Å². The summed E-state index contributed by atoms with van der Waals surface area (Å²) in [6, 6.07) is 3.45. The van der Waals surface area contributed by atoms with Gasteiger partial charge in [0, 0.05) is 10.0 Å². The second-order valence-electron chi connectivity index (χ2n) is 3.64. The predicted molar refractivity (Wildman–Crippen MR) is 83.0 cm³/mol. The van der Waals surface area contributed by atoms with Gasteiger partial charge in [0.05, 0.1) is 19.1 Å². The van der Waals surface area contributed by atoms with E-state index in [9.17, 15) is 9.90 Å². The maximum atomic E-state index is 11.2. The largest absolute Gasteiger partial charge is 0.493 e. The van der Waals surface area contributed by atoms with Gasteiger partial charge in [0.25, 0.3) is 0 Å². The minimum Gasteiger partial charge on any atom is -0.493 e. The molecule has 8 heteroatoms. The summed E-state index contributed by atoms with van der Waals surface area (Å²) in [4.78, 5) is 15.8. The molecule has 1 N–H and O–H groups in total. The van der Waals surface area contributed by atoms with Crippen molar-refractivity contribution in [3.63, 3.8) is 0 Å². The van der Waals surface area contributed by atoms with Gasteiger partial charge in [-0.05, 0) is 44.0 Å². The molecule has 0 aliphatic rings. The Morgan fingerprint density at radius 2 is 1.85 bits per heavy atom. The molecule has 5 nitrogen and oxygen atoms in total. The van der Waals surface area contributed by atoms with E-state index in [1.807, 2.05) is 0 Å². The molecule has 1 heterocycles. The Labute approximate surface area is 135 Å². The maximum absolute atomic E-state index is 11.2. The number of carbonyl (C=O) groups is 1.